The maximum absolute atomic E-state index is 11.7. The van der Waals surface area contributed by atoms with Crippen LogP contribution in [0.5, 0.6) is 0 Å². The fraction of sp³-hybridized carbons (Fsp3) is 0.417. The quantitative estimate of drug-likeness (QED) is 0.865. The molecule has 0 aromatic heterocycles. The summed E-state index contributed by atoms with van der Waals surface area (Å²) in [5.74, 6) is 0.128. The van der Waals surface area contributed by atoms with Crippen molar-refractivity contribution in [2.24, 2.45) is 5.73 Å². The zero-order valence-electron chi connectivity index (χ0n) is 9.49. The zero-order valence-corrected chi connectivity index (χ0v) is 11.8. The molecule has 92 valence electrons. The lowest BCUT2D eigenvalue weighted by Gasteiger charge is -2.38. The summed E-state index contributed by atoms with van der Waals surface area (Å²) in [5.41, 5.74) is 7.10. The van der Waals surface area contributed by atoms with Crippen LogP contribution in [0.4, 0.5) is 0 Å². The van der Waals surface area contributed by atoms with Crippen LogP contribution in [-0.4, -0.2) is 23.9 Å². The smallest absolute Gasteiger partial charge is 0.222 e. The van der Waals surface area contributed by atoms with Gasteiger partial charge < -0.3 is 10.6 Å². The molecule has 0 bridgehead atoms. The van der Waals surface area contributed by atoms with Gasteiger partial charge in [-0.3, -0.25) is 4.79 Å². The summed E-state index contributed by atoms with van der Waals surface area (Å²) < 4.78 is 0.934. The molecular formula is C12H14BrClN2O. The Morgan fingerprint density at radius 2 is 2.24 bits per heavy atom. The molecule has 3 nitrogen and oxygen atoms in total. The highest BCUT2D eigenvalue weighted by molar-refractivity contribution is 9.10. The Labute approximate surface area is 114 Å². The Morgan fingerprint density at radius 3 is 2.94 bits per heavy atom. The summed E-state index contributed by atoms with van der Waals surface area (Å²) in [6.45, 7) is 0. The average molecular weight is 318 g/mol. The lowest BCUT2D eigenvalue weighted by molar-refractivity contribution is -0.135. The van der Waals surface area contributed by atoms with E-state index in [-0.39, 0.29) is 18.0 Å². The van der Waals surface area contributed by atoms with Gasteiger partial charge in [-0.25, -0.2) is 0 Å². The molecule has 2 unspecified atom stereocenters. The highest BCUT2D eigenvalue weighted by Gasteiger charge is 2.33. The van der Waals surface area contributed by atoms with E-state index in [9.17, 15) is 4.79 Å². The normalized spacial score (nSPS) is 25.2. The Kier molecular flexibility index (Phi) is 3.76. The fourth-order valence-electron chi connectivity index (χ4n) is 2.25. The van der Waals surface area contributed by atoms with E-state index in [4.69, 9.17) is 17.3 Å². The van der Waals surface area contributed by atoms with Crippen molar-refractivity contribution < 1.29 is 4.79 Å². The van der Waals surface area contributed by atoms with Crippen molar-refractivity contribution >= 4 is 33.4 Å². The van der Waals surface area contributed by atoms with Gasteiger partial charge in [0, 0.05) is 29.0 Å². The molecule has 2 N–H and O–H groups in total. The number of nitrogens with zero attached hydrogens (tertiary/aromatic N) is 1. The molecule has 17 heavy (non-hydrogen) atoms. The summed E-state index contributed by atoms with van der Waals surface area (Å²) in [6.07, 6.45) is 1.24. The molecule has 1 heterocycles. The Morgan fingerprint density at radius 1 is 1.53 bits per heavy atom. The van der Waals surface area contributed by atoms with Crippen LogP contribution in [0.1, 0.15) is 24.4 Å². The maximum atomic E-state index is 11.7. The first-order chi connectivity index (χ1) is 8.00. The summed E-state index contributed by atoms with van der Waals surface area (Å²) in [5, 5.41) is 0.654. The van der Waals surface area contributed by atoms with Crippen LogP contribution in [-0.2, 0) is 4.79 Å². The first kappa shape index (κ1) is 12.9. The molecule has 2 rings (SSSR count). The van der Waals surface area contributed by atoms with Crippen LogP contribution in [0.15, 0.2) is 22.7 Å². The monoisotopic (exact) mass is 316 g/mol. The number of halogens is 2. The number of likely N-dealkylation sites (N-methyl/N-ethyl adjacent to an activating group) is 1. The Bertz CT molecular complexity index is 452. The summed E-state index contributed by atoms with van der Waals surface area (Å²) >= 11 is 9.49. The molecule has 1 aromatic rings. The average Bonchev–Trinajstić information content (AvgIpc) is 2.29. The van der Waals surface area contributed by atoms with Gasteiger partial charge in [0.05, 0.1) is 6.04 Å². The standard InChI is InChI=1S/C12H14BrClN2O/c1-16-11(17)5-4-10(15)12(16)8-6-7(14)2-3-9(8)13/h2-3,6,10,12H,4-5,15H2,1H3. The van der Waals surface area contributed by atoms with Crippen molar-refractivity contribution in [3.8, 4) is 0 Å². The molecule has 5 heteroatoms. The number of hydrogen-bond donors (Lipinski definition) is 1. The molecule has 1 aromatic carbocycles. The minimum atomic E-state index is -0.107. The van der Waals surface area contributed by atoms with Crippen LogP contribution >= 0.6 is 27.5 Å². The van der Waals surface area contributed by atoms with Crippen LogP contribution in [0.2, 0.25) is 5.02 Å². The molecule has 2 atom stereocenters. The zero-order chi connectivity index (χ0) is 12.6. The van der Waals surface area contributed by atoms with Gasteiger partial charge in [-0.2, -0.15) is 0 Å². The minimum Gasteiger partial charge on any atom is -0.337 e. The Hall–Kier alpha value is -0.580. The van der Waals surface area contributed by atoms with Crippen LogP contribution in [0, 0.1) is 0 Å². The van der Waals surface area contributed by atoms with Gasteiger partial charge in [0.2, 0.25) is 5.91 Å². The van der Waals surface area contributed by atoms with Gasteiger partial charge in [0.25, 0.3) is 0 Å². The van der Waals surface area contributed by atoms with Crippen LogP contribution in [0.25, 0.3) is 0 Å². The highest BCUT2D eigenvalue weighted by atomic mass is 79.9. The fourth-order valence-corrected chi connectivity index (χ4v) is 2.91. The van der Waals surface area contributed by atoms with Crippen molar-refractivity contribution in [3.63, 3.8) is 0 Å². The van der Waals surface area contributed by atoms with Gasteiger partial charge in [0.15, 0.2) is 0 Å². The maximum Gasteiger partial charge on any atom is 0.222 e. The lowest BCUT2D eigenvalue weighted by atomic mass is 9.91. The molecule has 0 radical (unpaired) electrons. The van der Waals surface area contributed by atoms with Crippen molar-refractivity contribution in [1.82, 2.24) is 4.90 Å². The molecule has 0 aliphatic carbocycles. The van der Waals surface area contributed by atoms with E-state index in [0.29, 0.717) is 17.9 Å². The van der Waals surface area contributed by atoms with E-state index in [1.165, 1.54) is 0 Å². The van der Waals surface area contributed by atoms with Gasteiger partial charge in [-0.15, -0.1) is 0 Å². The van der Waals surface area contributed by atoms with Gasteiger partial charge in [-0.05, 0) is 30.2 Å². The van der Waals surface area contributed by atoms with Crippen molar-refractivity contribution in [2.45, 2.75) is 24.9 Å². The van der Waals surface area contributed by atoms with Gasteiger partial charge >= 0.3 is 0 Å². The predicted molar refractivity (Wildman–Crippen MR) is 71.9 cm³/mol. The highest BCUT2D eigenvalue weighted by Crippen LogP contribution is 2.35. The summed E-state index contributed by atoms with van der Waals surface area (Å²) in [7, 11) is 1.79. The molecule has 0 spiro atoms. The molecular weight excluding hydrogens is 304 g/mol. The second-order valence-electron chi connectivity index (χ2n) is 4.32. The van der Waals surface area contributed by atoms with Crippen molar-refractivity contribution in [3.05, 3.63) is 33.3 Å². The number of carbonyl (C=O) groups is 1. The SMILES string of the molecule is CN1C(=O)CCC(N)C1c1cc(Cl)ccc1Br. The number of likely N-dealkylation sites (tertiary alicyclic amines) is 1. The largest absolute Gasteiger partial charge is 0.337 e. The number of amides is 1. The molecule has 1 amide bonds. The van der Waals surface area contributed by atoms with Crippen LogP contribution in [0.3, 0.4) is 0 Å². The van der Waals surface area contributed by atoms with E-state index < -0.39 is 0 Å². The predicted octanol–water partition coefficient (Wildman–Crippen LogP) is 2.72. The van der Waals surface area contributed by atoms with Gasteiger partial charge in [-0.1, -0.05) is 27.5 Å². The van der Waals surface area contributed by atoms with E-state index in [1.807, 2.05) is 18.2 Å². The third-order valence-electron chi connectivity index (χ3n) is 3.18. The third kappa shape index (κ3) is 2.49. The van der Waals surface area contributed by atoms with Crippen molar-refractivity contribution in [1.29, 1.82) is 0 Å². The second kappa shape index (κ2) is 4.96. The summed E-state index contributed by atoms with van der Waals surface area (Å²) in [4.78, 5) is 13.5. The van der Waals surface area contributed by atoms with Crippen molar-refractivity contribution in [2.75, 3.05) is 7.05 Å². The number of rotatable bonds is 1. The topological polar surface area (TPSA) is 46.3 Å². The molecule has 0 saturated carbocycles. The molecule has 1 saturated heterocycles. The lowest BCUT2D eigenvalue weighted by Crippen LogP contribution is -2.46. The third-order valence-corrected chi connectivity index (χ3v) is 4.14. The van der Waals surface area contributed by atoms with E-state index in [0.717, 1.165) is 10.0 Å². The van der Waals surface area contributed by atoms with E-state index in [2.05, 4.69) is 15.9 Å². The summed E-state index contributed by atoms with van der Waals surface area (Å²) in [6, 6.07) is 5.41. The molecule has 1 fully saturated rings. The first-order valence-corrected chi connectivity index (χ1v) is 6.64. The molecule has 1 aliphatic heterocycles. The molecule has 1 aliphatic rings. The minimum absolute atomic E-state index is 0.0486. The number of benzene rings is 1. The number of carbonyl (C=O) groups excluding carboxylic acids is 1. The number of hydrogen-bond acceptors (Lipinski definition) is 2. The van der Waals surface area contributed by atoms with E-state index in [1.54, 1.807) is 11.9 Å². The number of nitrogens with two attached hydrogens (primary N) is 1. The number of piperidine rings is 1. The van der Waals surface area contributed by atoms with E-state index >= 15 is 0 Å². The van der Waals surface area contributed by atoms with Gasteiger partial charge in [0.1, 0.15) is 0 Å². The first-order valence-electron chi connectivity index (χ1n) is 5.47. The second-order valence-corrected chi connectivity index (χ2v) is 5.61. The Balaban J connectivity index is 2.42. The van der Waals surface area contributed by atoms with Crippen LogP contribution < -0.4 is 5.73 Å².